The van der Waals surface area contributed by atoms with E-state index in [0.717, 1.165) is 54.0 Å². The highest BCUT2D eigenvalue weighted by Gasteiger charge is 2.27. The number of nitrogens with zero attached hydrogens (tertiary/aromatic N) is 2. The second-order valence-electron chi connectivity index (χ2n) is 6.35. The summed E-state index contributed by atoms with van der Waals surface area (Å²) in [6, 6.07) is 5.76. The first-order valence-corrected chi connectivity index (χ1v) is 8.20. The molecule has 1 amide bonds. The van der Waals surface area contributed by atoms with Crippen molar-refractivity contribution in [3.8, 4) is 11.5 Å². The number of aromatic amines is 1. The van der Waals surface area contributed by atoms with Gasteiger partial charge >= 0.3 is 0 Å². The van der Waals surface area contributed by atoms with Crippen LogP contribution in [0.4, 0.5) is 5.69 Å². The second-order valence-corrected chi connectivity index (χ2v) is 6.35. The molecule has 6 nitrogen and oxygen atoms in total. The number of nitrogens with one attached hydrogen (secondary N) is 2. The molecule has 1 fully saturated rings. The monoisotopic (exact) mass is 324 g/mol. The van der Waals surface area contributed by atoms with Crippen LogP contribution in [-0.4, -0.2) is 41.4 Å². The van der Waals surface area contributed by atoms with Crippen LogP contribution in [0.3, 0.4) is 0 Å². The summed E-state index contributed by atoms with van der Waals surface area (Å²) >= 11 is 0. The molecule has 2 N–H and O–H groups in total. The van der Waals surface area contributed by atoms with E-state index in [1.807, 2.05) is 24.4 Å². The number of amides is 1. The normalized spacial score (nSPS) is 16.5. The number of hydrogen-bond donors (Lipinski definition) is 2. The van der Waals surface area contributed by atoms with Crippen molar-refractivity contribution in [1.82, 2.24) is 14.9 Å². The second kappa shape index (κ2) is 6.13. The predicted octanol–water partition coefficient (Wildman–Crippen LogP) is 3.20. The number of aromatic nitrogens is 2. The Labute approximate surface area is 139 Å². The number of imidazole rings is 1. The standard InChI is InChI=1S/C18H20N4O2/c1-22-6-4-12(5-7-22)17-14-8-13(21-11-23)2-3-16(14)24-18(17)15-9-19-10-20-15/h2-3,8-12H,4-7H2,1H3,(H,19,20)(H,21,23). The molecule has 1 aliphatic heterocycles. The van der Waals surface area contributed by atoms with Gasteiger partial charge in [-0.25, -0.2) is 4.98 Å². The highest BCUT2D eigenvalue weighted by Crippen LogP contribution is 2.42. The summed E-state index contributed by atoms with van der Waals surface area (Å²) in [6.45, 7) is 2.15. The SMILES string of the molecule is CN1CCC(c2c(-c3c[nH]cn3)oc3ccc(NC=O)cc23)CC1. The van der Waals surface area contributed by atoms with Crippen molar-refractivity contribution in [1.29, 1.82) is 0 Å². The van der Waals surface area contributed by atoms with Crippen LogP contribution in [0.2, 0.25) is 0 Å². The number of carbonyl (C=O) groups is 1. The molecule has 2 aromatic heterocycles. The van der Waals surface area contributed by atoms with Crippen molar-refractivity contribution in [3.63, 3.8) is 0 Å². The summed E-state index contributed by atoms with van der Waals surface area (Å²) in [6.07, 6.45) is 6.41. The third-order valence-corrected chi connectivity index (χ3v) is 4.81. The van der Waals surface area contributed by atoms with Crippen LogP contribution in [0.25, 0.3) is 22.4 Å². The van der Waals surface area contributed by atoms with E-state index in [4.69, 9.17) is 4.42 Å². The first-order valence-electron chi connectivity index (χ1n) is 8.20. The third kappa shape index (κ3) is 2.59. The van der Waals surface area contributed by atoms with Gasteiger partial charge in [-0.05, 0) is 57.1 Å². The van der Waals surface area contributed by atoms with Crippen LogP contribution in [0, 0.1) is 0 Å². The molecule has 0 unspecified atom stereocenters. The molecule has 0 saturated carbocycles. The zero-order valence-electron chi connectivity index (χ0n) is 13.6. The molecule has 1 saturated heterocycles. The molecule has 3 aromatic rings. The maximum Gasteiger partial charge on any atom is 0.211 e. The van der Waals surface area contributed by atoms with Gasteiger partial charge in [0.25, 0.3) is 0 Å². The highest BCUT2D eigenvalue weighted by atomic mass is 16.3. The van der Waals surface area contributed by atoms with Crippen molar-refractivity contribution >= 4 is 23.1 Å². The molecule has 1 aliphatic rings. The van der Waals surface area contributed by atoms with E-state index < -0.39 is 0 Å². The van der Waals surface area contributed by atoms with Crippen molar-refractivity contribution < 1.29 is 9.21 Å². The van der Waals surface area contributed by atoms with Gasteiger partial charge in [-0.2, -0.15) is 0 Å². The fraction of sp³-hybridized carbons (Fsp3) is 0.333. The van der Waals surface area contributed by atoms with Gasteiger partial charge in [0.15, 0.2) is 5.76 Å². The highest BCUT2D eigenvalue weighted by molar-refractivity contribution is 5.91. The predicted molar refractivity (Wildman–Crippen MR) is 93.0 cm³/mol. The lowest BCUT2D eigenvalue weighted by Crippen LogP contribution is -2.29. The Morgan fingerprint density at radius 3 is 2.92 bits per heavy atom. The zero-order chi connectivity index (χ0) is 16.5. The van der Waals surface area contributed by atoms with Gasteiger partial charge in [-0.3, -0.25) is 4.79 Å². The molecule has 24 heavy (non-hydrogen) atoms. The van der Waals surface area contributed by atoms with Crippen LogP contribution < -0.4 is 5.32 Å². The van der Waals surface area contributed by atoms with Crippen LogP contribution >= 0.6 is 0 Å². The first-order chi connectivity index (χ1) is 11.8. The van der Waals surface area contributed by atoms with Crippen molar-refractivity contribution in [2.24, 2.45) is 0 Å². The molecule has 0 radical (unpaired) electrons. The van der Waals surface area contributed by atoms with Gasteiger partial charge in [0, 0.05) is 22.8 Å². The Morgan fingerprint density at radius 1 is 1.38 bits per heavy atom. The number of furan rings is 1. The van der Waals surface area contributed by atoms with E-state index in [2.05, 4.69) is 27.2 Å². The molecule has 0 aliphatic carbocycles. The lowest BCUT2D eigenvalue weighted by Gasteiger charge is -2.29. The molecule has 6 heteroatoms. The van der Waals surface area contributed by atoms with E-state index in [0.29, 0.717) is 12.3 Å². The molecule has 3 heterocycles. The van der Waals surface area contributed by atoms with E-state index in [-0.39, 0.29) is 0 Å². The molecule has 4 rings (SSSR count). The Hall–Kier alpha value is -2.60. The molecule has 0 bridgehead atoms. The minimum absolute atomic E-state index is 0.431. The van der Waals surface area contributed by atoms with E-state index >= 15 is 0 Å². The quantitative estimate of drug-likeness (QED) is 0.723. The van der Waals surface area contributed by atoms with E-state index in [9.17, 15) is 4.79 Å². The van der Waals surface area contributed by atoms with Crippen LogP contribution in [0.5, 0.6) is 0 Å². The maximum atomic E-state index is 10.8. The Morgan fingerprint density at radius 2 is 2.21 bits per heavy atom. The summed E-state index contributed by atoms with van der Waals surface area (Å²) in [5.41, 5.74) is 3.64. The average Bonchev–Trinajstić information content (AvgIpc) is 3.23. The number of hydrogen-bond acceptors (Lipinski definition) is 4. The zero-order valence-corrected chi connectivity index (χ0v) is 13.6. The van der Waals surface area contributed by atoms with Gasteiger partial charge in [0.1, 0.15) is 11.3 Å². The smallest absolute Gasteiger partial charge is 0.211 e. The minimum atomic E-state index is 0.431. The van der Waals surface area contributed by atoms with Gasteiger partial charge in [0.05, 0.1) is 6.33 Å². The third-order valence-electron chi connectivity index (χ3n) is 4.81. The molecular weight excluding hydrogens is 304 g/mol. The van der Waals surface area contributed by atoms with E-state index in [1.54, 1.807) is 6.33 Å². The summed E-state index contributed by atoms with van der Waals surface area (Å²) in [4.78, 5) is 20.5. The molecule has 1 aromatic carbocycles. The largest absolute Gasteiger partial charge is 0.454 e. The fourth-order valence-electron chi connectivity index (χ4n) is 3.55. The summed E-state index contributed by atoms with van der Waals surface area (Å²) in [5, 5.41) is 3.79. The number of benzene rings is 1. The van der Waals surface area contributed by atoms with Crippen molar-refractivity contribution in [2.75, 3.05) is 25.5 Å². The minimum Gasteiger partial charge on any atom is -0.454 e. The molecule has 0 atom stereocenters. The summed E-state index contributed by atoms with van der Waals surface area (Å²) in [5.74, 6) is 1.27. The van der Waals surface area contributed by atoms with Gasteiger partial charge in [-0.1, -0.05) is 0 Å². The van der Waals surface area contributed by atoms with E-state index in [1.165, 1.54) is 5.56 Å². The van der Waals surface area contributed by atoms with Crippen molar-refractivity contribution in [2.45, 2.75) is 18.8 Å². The lowest BCUT2D eigenvalue weighted by atomic mass is 9.87. The number of rotatable bonds is 4. The maximum absolute atomic E-state index is 10.8. The molecule has 0 spiro atoms. The number of H-pyrrole nitrogens is 1. The van der Waals surface area contributed by atoms with Crippen LogP contribution in [0.15, 0.2) is 35.1 Å². The van der Waals surface area contributed by atoms with Gasteiger partial charge < -0.3 is 19.6 Å². The number of fused-ring (bicyclic) bond motifs is 1. The topological polar surface area (TPSA) is 74.2 Å². The molecular formula is C18H20N4O2. The van der Waals surface area contributed by atoms with Crippen LogP contribution in [0.1, 0.15) is 24.3 Å². The number of carbonyl (C=O) groups excluding carboxylic acids is 1. The lowest BCUT2D eigenvalue weighted by molar-refractivity contribution is -0.105. The summed E-state index contributed by atoms with van der Waals surface area (Å²) < 4.78 is 6.14. The van der Waals surface area contributed by atoms with Gasteiger partial charge in [0.2, 0.25) is 6.41 Å². The van der Waals surface area contributed by atoms with Gasteiger partial charge in [-0.15, -0.1) is 0 Å². The molecule has 124 valence electrons. The fourth-order valence-corrected chi connectivity index (χ4v) is 3.55. The average molecular weight is 324 g/mol. The number of likely N-dealkylation sites (tertiary alicyclic amines) is 1. The first kappa shape index (κ1) is 15.0. The Balaban J connectivity index is 1.87. The Kier molecular flexibility index (Phi) is 3.82. The number of piperidine rings is 1. The Bertz CT molecular complexity index is 845. The summed E-state index contributed by atoms with van der Waals surface area (Å²) in [7, 11) is 2.16. The van der Waals surface area contributed by atoms with Crippen LogP contribution in [-0.2, 0) is 4.79 Å². The number of anilines is 1. The van der Waals surface area contributed by atoms with Crippen molar-refractivity contribution in [3.05, 3.63) is 36.3 Å².